The van der Waals surface area contributed by atoms with Crippen LogP contribution in [0.5, 0.6) is 11.5 Å². The van der Waals surface area contributed by atoms with Crippen molar-refractivity contribution >= 4 is 5.91 Å². The van der Waals surface area contributed by atoms with Crippen molar-refractivity contribution in [3.8, 4) is 22.9 Å². The molecule has 0 aliphatic heterocycles. The van der Waals surface area contributed by atoms with E-state index in [1.165, 1.54) is 0 Å². The van der Waals surface area contributed by atoms with E-state index in [1.54, 1.807) is 26.4 Å². The molecule has 1 heterocycles. The minimum atomic E-state index is -0.331. The van der Waals surface area contributed by atoms with Gasteiger partial charge in [-0.05, 0) is 30.0 Å². The summed E-state index contributed by atoms with van der Waals surface area (Å²) in [7, 11) is 3.15. The Bertz CT molecular complexity index is 740. The first-order valence-electron chi connectivity index (χ1n) is 8.71. The van der Waals surface area contributed by atoms with Crippen LogP contribution in [0.1, 0.15) is 46.0 Å². The lowest BCUT2D eigenvalue weighted by Gasteiger charge is -2.19. The van der Waals surface area contributed by atoms with Gasteiger partial charge >= 0.3 is 0 Å². The second-order valence-corrected chi connectivity index (χ2v) is 6.91. The minimum absolute atomic E-state index is 0.0235. The SMILES string of the molecule is COc1ccc(-c2noc([C@@H](NC(=O)CC(C)C)C(C)C)n2)cc1OC. The highest BCUT2D eigenvalue weighted by Crippen LogP contribution is 2.32. The highest BCUT2D eigenvalue weighted by Gasteiger charge is 2.25. The normalized spacial score (nSPS) is 12.3. The third-order valence-corrected chi connectivity index (χ3v) is 3.93. The van der Waals surface area contributed by atoms with Gasteiger partial charge in [-0.3, -0.25) is 4.79 Å². The molecule has 0 unspecified atom stereocenters. The zero-order chi connectivity index (χ0) is 19.3. The van der Waals surface area contributed by atoms with Crippen LogP contribution in [0.2, 0.25) is 0 Å². The Morgan fingerprint density at radius 1 is 1.15 bits per heavy atom. The molecule has 26 heavy (non-hydrogen) atoms. The van der Waals surface area contributed by atoms with Gasteiger partial charge in [0, 0.05) is 12.0 Å². The molecule has 0 radical (unpaired) electrons. The summed E-state index contributed by atoms with van der Waals surface area (Å²) in [6.45, 7) is 8.01. The van der Waals surface area contributed by atoms with Crippen LogP contribution < -0.4 is 14.8 Å². The number of carbonyl (C=O) groups excluding carboxylic acids is 1. The van der Waals surface area contributed by atoms with E-state index < -0.39 is 0 Å². The number of rotatable bonds is 8. The highest BCUT2D eigenvalue weighted by atomic mass is 16.5. The number of benzene rings is 1. The van der Waals surface area contributed by atoms with E-state index in [0.29, 0.717) is 29.6 Å². The van der Waals surface area contributed by atoms with Crippen molar-refractivity contribution in [3.63, 3.8) is 0 Å². The number of nitrogens with one attached hydrogen (secondary N) is 1. The first-order valence-corrected chi connectivity index (χ1v) is 8.71. The number of ether oxygens (including phenoxy) is 2. The maximum atomic E-state index is 12.1. The molecule has 0 bridgehead atoms. The molecule has 0 fully saturated rings. The van der Waals surface area contributed by atoms with Gasteiger partial charge < -0.3 is 19.3 Å². The molecule has 2 aromatic rings. The van der Waals surface area contributed by atoms with Gasteiger partial charge in [-0.25, -0.2) is 0 Å². The third-order valence-electron chi connectivity index (χ3n) is 3.93. The van der Waals surface area contributed by atoms with E-state index in [9.17, 15) is 4.79 Å². The van der Waals surface area contributed by atoms with E-state index in [1.807, 2.05) is 33.8 Å². The van der Waals surface area contributed by atoms with Crippen molar-refractivity contribution in [2.24, 2.45) is 11.8 Å². The van der Waals surface area contributed by atoms with Crippen LogP contribution >= 0.6 is 0 Å². The van der Waals surface area contributed by atoms with Crippen molar-refractivity contribution in [1.82, 2.24) is 15.5 Å². The Labute approximate surface area is 154 Å². The van der Waals surface area contributed by atoms with Crippen LogP contribution in [0, 0.1) is 11.8 Å². The molecule has 1 aromatic carbocycles. The summed E-state index contributed by atoms with van der Waals surface area (Å²) in [5, 5.41) is 7.04. The first kappa shape index (κ1) is 19.8. The van der Waals surface area contributed by atoms with Gasteiger partial charge in [0.05, 0.1) is 14.2 Å². The molecule has 0 spiro atoms. The summed E-state index contributed by atoms with van der Waals surface area (Å²) in [6, 6.07) is 5.07. The van der Waals surface area contributed by atoms with Crippen LogP contribution in [0.25, 0.3) is 11.4 Å². The fraction of sp³-hybridized carbons (Fsp3) is 0.526. The Balaban J connectivity index is 2.24. The van der Waals surface area contributed by atoms with Crippen LogP contribution in [0.3, 0.4) is 0 Å². The van der Waals surface area contributed by atoms with Crippen molar-refractivity contribution < 1.29 is 18.8 Å². The smallest absolute Gasteiger partial charge is 0.249 e. The number of methoxy groups -OCH3 is 2. The summed E-state index contributed by atoms with van der Waals surface area (Å²) >= 11 is 0. The fourth-order valence-electron chi connectivity index (χ4n) is 2.57. The molecule has 7 heteroatoms. The van der Waals surface area contributed by atoms with E-state index in [0.717, 1.165) is 5.56 Å². The van der Waals surface area contributed by atoms with Crippen LogP contribution in [0.4, 0.5) is 0 Å². The number of amides is 1. The minimum Gasteiger partial charge on any atom is -0.493 e. The highest BCUT2D eigenvalue weighted by molar-refractivity contribution is 5.76. The third kappa shape index (κ3) is 4.74. The number of aromatic nitrogens is 2. The molecule has 1 aromatic heterocycles. The molecule has 0 saturated heterocycles. The summed E-state index contributed by atoms with van der Waals surface area (Å²) in [5.41, 5.74) is 0.744. The molecule has 0 aliphatic rings. The lowest BCUT2D eigenvalue weighted by Crippen LogP contribution is -2.32. The molecule has 1 amide bonds. The van der Waals surface area contributed by atoms with E-state index in [4.69, 9.17) is 14.0 Å². The zero-order valence-electron chi connectivity index (χ0n) is 16.2. The lowest BCUT2D eigenvalue weighted by molar-refractivity contribution is -0.123. The topological polar surface area (TPSA) is 86.5 Å². The Morgan fingerprint density at radius 3 is 2.42 bits per heavy atom. The van der Waals surface area contributed by atoms with Crippen LogP contribution in [-0.2, 0) is 4.79 Å². The van der Waals surface area contributed by atoms with Gasteiger partial charge in [0.25, 0.3) is 0 Å². The van der Waals surface area contributed by atoms with Crippen molar-refractivity contribution in [2.75, 3.05) is 14.2 Å². The van der Waals surface area contributed by atoms with Crippen molar-refractivity contribution in [1.29, 1.82) is 0 Å². The predicted molar refractivity (Wildman–Crippen MR) is 98.0 cm³/mol. The van der Waals surface area contributed by atoms with Crippen molar-refractivity contribution in [2.45, 2.75) is 40.2 Å². The first-order chi connectivity index (χ1) is 12.3. The van der Waals surface area contributed by atoms with E-state index >= 15 is 0 Å². The molecule has 0 aliphatic carbocycles. The Hall–Kier alpha value is -2.57. The average Bonchev–Trinajstić information content (AvgIpc) is 3.07. The molecule has 0 saturated carbocycles. The predicted octanol–water partition coefficient (Wildman–Crippen LogP) is 3.61. The number of hydrogen-bond acceptors (Lipinski definition) is 6. The molecular weight excluding hydrogens is 334 g/mol. The monoisotopic (exact) mass is 361 g/mol. The van der Waals surface area contributed by atoms with Gasteiger partial charge in [0.2, 0.25) is 17.6 Å². The standard InChI is InChI=1S/C19H27N3O4/c1-11(2)9-16(23)20-17(12(3)4)19-21-18(22-26-19)13-7-8-14(24-5)15(10-13)25-6/h7-8,10-12,17H,9H2,1-6H3,(H,20,23)/t17-/m0/s1. The second-order valence-electron chi connectivity index (χ2n) is 6.91. The van der Waals surface area contributed by atoms with Gasteiger partial charge in [0.1, 0.15) is 6.04 Å². The summed E-state index contributed by atoms with van der Waals surface area (Å²) < 4.78 is 16.0. The second kappa shape index (κ2) is 8.69. The summed E-state index contributed by atoms with van der Waals surface area (Å²) in [4.78, 5) is 16.6. The molecule has 1 atom stereocenters. The molecule has 2 rings (SSSR count). The average molecular weight is 361 g/mol. The Kier molecular flexibility index (Phi) is 6.60. The molecule has 142 valence electrons. The Morgan fingerprint density at radius 2 is 1.85 bits per heavy atom. The van der Waals surface area contributed by atoms with Crippen molar-refractivity contribution in [3.05, 3.63) is 24.1 Å². The number of hydrogen-bond donors (Lipinski definition) is 1. The van der Waals surface area contributed by atoms with Crippen LogP contribution in [-0.4, -0.2) is 30.3 Å². The number of carbonyl (C=O) groups is 1. The van der Waals surface area contributed by atoms with Gasteiger partial charge in [-0.15, -0.1) is 0 Å². The molecular formula is C19H27N3O4. The molecule has 7 nitrogen and oxygen atoms in total. The maximum absolute atomic E-state index is 12.1. The van der Waals surface area contributed by atoms with E-state index in [-0.39, 0.29) is 23.8 Å². The quantitative estimate of drug-likeness (QED) is 0.773. The maximum Gasteiger partial charge on any atom is 0.249 e. The van der Waals surface area contributed by atoms with Gasteiger partial charge in [0.15, 0.2) is 11.5 Å². The van der Waals surface area contributed by atoms with Gasteiger partial charge in [-0.2, -0.15) is 4.98 Å². The largest absolute Gasteiger partial charge is 0.493 e. The van der Waals surface area contributed by atoms with E-state index in [2.05, 4.69) is 15.5 Å². The molecule has 1 N–H and O–H groups in total. The summed E-state index contributed by atoms with van der Waals surface area (Å²) in [6.07, 6.45) is 0.458. The fourth-order valence-corrected chi connectivity index (χ4v) is 2.57. The number of nitrogens with zero attached hydrogens (tertiary/aromatic N) is 2. The zero-order valence-corrected chi connectivity index (χ0v) is 16.2. The van der Waals surface area contributed by atoms with Crippen LogP contribution in [0.15, 0.2) is 22.7 Å². The van der Waals surface area contributed by atoms with Gasteiger partial charge in [-0.1, -0.05) is 32.9 Å². The lowest BCUT2D eigenvalue weighted by atomic mass is 10.0. The summed E-state index contributed by atoms with van der Waals surface area (Å²) in [5.74, 6) is 2.41.